The number of aromatic nitrogens is 1. The van der Waals surface area contributed by atoms with Crippen molar-refractivity contribution >= 4 is 11.9 Å². The molecular weight excluding hydrogens is 196 g/mol. The van der Waals surface area contributed by atoms with Crippen LogP contribution < -0.4 is 10.5 Å². The molecule has 0 atom stereocenters. The van der Waals surface area contributed by atoms with Gasteiger partial charge in [0.25, 0.3) is 0 Å². The smallest absolute Gasteiger partial charge is 0.349 e. The molecule has 0 amide bonds. The zero-order chi connectivity index (χ0) is 10.7. The monoisotopic (exact) mass is 204 g/mol. The topological polar surface area (TPSA) is 78.3 Å². The maximum absolute atomic E-state index is 11.5. The Morgan fingerprint density at radius 3 is 2.93 bits per heavy atom. The number of pyridine rings is 1. The third kappa shape index (κ3) is 1.96. The Labute approximate surface area is 85.5 Å². The number of hydrogen-bond donors (Lipinski definition) is 1. The standard InChI is InChI=1S/C10H8N2O3/c11-9-8(3-5-14-9)10(13)15-7-2-1-4-12-6-7/h1-6H,11H2. The zero-order valence-electron chi connectivity index (χ0n) is 7.71. The lowest BCUT2D eigenvalue weighted by molar-refractivity contribution is 0.0735. The van der Waals surface area contributed by atoms with Crippen molar-refractivity contribution in [2.45, 2.75) is 0 Å². The van der Waals surface area contributed by atoms with E-state index in [4.69, 9.17) is 14.9 Å². The number of anilines is 1. The van der Waals surface area contributed by atoms with Gasteiger partial charge in [-0.05, 0) is 18.2 Å². The van der Waals surface area contributed by atoms with Crippen molar-refractivity contribution in [3.8, 4) is 5.75 Å². The van der Waals surface area contributed by atoms with Gasteiger partial charge in [-0.2, -0.15) is 0 Å². The summed E-state index contributed by atoms with van der Waals surface area (Å²) in [6.07, 6.45) is 4.35. The van der Waals surface area contributed by atoms with Gasteiger partial charge in [-0.3, -0.25) is 4.98 Å². The van der Waals surface area contributed by atoms with Crippen LogP contribution in [0.1, 0.15) is 10.4 Å². The Balaban J connectivity index is 2.15. The fourth-order valence-electron chi connectivity index (χ4n) is 1.06. The summed E-state index contributed by atoms with van der Waals surface area (Å²) < 4.78 is 9.78. The lowest BCUT2D eigenvalue weighted by atomic mass is 10.3. The Hall–Kier alpha value is -2.30. The number of nitrogens with zero attached hydrogens (tertiary/aromatic N) is 1. The van der Waals surface area contributed by atoms with Gasteiger partial charge in [0, 0.05) is 6.20 Å². The highest BCUT2D eigenvalue weighted by molar-refractivity contribution is 5.95. The molecule has 0 fully saturated rings. The van der Waals surface area contributed by atoms with Crippen LogP contribution in [0.25, 0.3) is 0 Å². The summed E-state index contributed by atoms with van der Waals surface area (Å²) in [4.78, 5) is 15.3. The minimum Gasteiger partial charge on any atom is -0.448 e. The molecule has 0 unspecified atom stereocenters. The van der Waals surface area contributed by atoms with Crippen molar-refractivity contribution in [2.24, 2.45) is 0 Å². The first-order chi connectivity index (χ1) is 7.27. The van der Waals surface area contributed by atoms with Crippen LogP contribution in [0.2, 0.25) is 0 Å². The number of esters is 1. The van der Waals surface area contributed by atoms with Crippen molar-refractivity contribution in [3.05, 3.63) is 42.4 Å². The van der Waals surface area contributed by atoms with Crippen LogP contribution in [-0.2, 0) is 0 Å². The Bertz CT molecular complexity index is 465. The van der Waals surface area contributed by atoms with Crippen LogP contribution in [0.3, 0.4) is 0 Å². The van der Waals surface area contributed by atoms with Crippen LogP contribution in [-0.4, -0.2) is 11.0 Å². The van der Waals surface area contributed by atoms with Gasteiger partial charge in [-0.1, -0.05) is 0 Å². The zero-order valence-corrected chi connectivity index (χ0v) is 7.71. The van der Waals surface area contributed by atoms with E-state index in [9.17, 15) is 4.79 Å². The van der Waals surface area contributed by atoms with Crippen LogP contribution in [0.5, 0.6) is 5.75 Å². The van der Waals surface area contributed by atoms with Gasteiger partial charge in [0.05, 0.1) is 12.5 Å². The second-order valence-corrected chi connectivity index (χ2v) is 2.78. The summed E-state index contributed by atoms with van der Waals surface area (Å²) in [6.45, 7) is 0. The average Bonchev–Trinajstić information content (AvgIpc) is 2.66. The fourth-order valence-corrected chi connectivity index (χ4v) is 1.06. The Kier molecular flexibility index (Phi) is 2.37. The maximum Gasteiger partial charge on any atom is 0.349 e. The molecule has 0 aliphatic rings. The van der Waals surface area contributed by atoms with Crippen LogP contribution >= 0.6 is 0 Å². The van der Waals surface area contributed by atoms with E-state index in [0.717, 1.165) is 0 Å². The number of nitrogen functional groups attached to an aromatic ring is 1. The number of carbonyl (C=O) groups is 1. The molecule has 0 radical (unpaired) electrons. The fraction of sp³-hybridized carbons (Fsp3) is 0. The van der Waals surface area contributed by atoms with Gasteiger partial charge < -0.3 is 14.9 Å². The predicted octanol–water partition coefficient (Wildman–Crippen LogP) is 1.48. The summed E-state index contributed by atoms with van der Waals surface area (Å²) in [7, 11) is 0. The molecule has 0 bridgehead atoms. The normalized spacial score (nSPS) is 9.87. The highest BCUT2D eigenvalue weighted by Crippen LogP contribution is 2.16. The van der Waals surface area contributed by atoms with Gasteiger partial charge in [-0.15, -0.1) is 0 Å². The van der Waals surface area contributed by atoms with Crippen LogP contribution in [0, 0.1) is 0 Å². The summed E-state index contributed by atoms with van der Waals surface area (Å²) in [6, 6.07) is 4.75. The SMILES string of the molecule is Nc1occc1C(=O)Oc1cccnc1. The van der Waals surface area contributed by atoms with Crippen molar-refractivity contribution in [2.75, 3.05) is 5.73 Å². The van der Waals surface area contributed by atoms with E-state index in [0.29, 0.717) is 5.75 Å². The lowest BCUT2D eigenvalue weighted by Gasteiger charge is -2.01. The molecule has 0 saturated carbocycles. The van der Waals surface area contributed by atoms with E-state index in [1.54, 1.807) is 18.3 Å². The maximum atomic E-state index is 11.5. The number of ether oxygens (including phenoxy) is 1. The number of hydrogen-bond acceptors (Lipinski definition) is 5. The van der Waals surface area contributed by atoms with E-state index >= 15 is 0 Å². The van der Waals surface area contributed by atoms with Crippen molar-refractivity contribution in [3.63, 3.8) is 0 Å². The summed E-state index contributed by atoms with van der Waals surface area (Å²) in [5.74, 6) is -0.152. The Morgan fingerprint density at radius 2 is 2.33 bits per heavy atom. The van der Waals surface area contributed by atoms with E-state index < -0.39 is 5.97 Å². The summed E-state index contributed by atoms with van der Waals surface area (Å²) in [5.41, 5.74) is 5.62. The van der Waals surface area contributed by atoms with Gasteiger partial charge >= 0.3 is 5.97 Å². The summed E-state index contributed by atoms with van der Waals surface area (Å²) >= 11 is 0. The third-order valence-corrected chi connectivity index (χ3v) is 1.76. The largest absolute Gasteiger partial charge is 0.448 e. The van der Waals surface area contributed by atoms with Crippen molar-refractivity contribution in [1.82, 2.24) is 4.98 Å². The van der Waals surface area contributed by atoms with Crippen LogP contribution in [0.15, 0.2) is 41.3 Å². The van der Waals surface area contributed by atoms with E-state index in [-0.39, 0.29) is 11.4 Å². The molecule has 2 aromatic rings. The van der Waals surface area contributed by atoms with Gasteiger partial charge in [0.15, 0.2) is 0 Å². The molecular formula is C10H8N2O3. The average molecular weight is 204 g/mol. The number of furan rings is 1. The first-order valence-corrected chi connectivity index (χ1v) is 4.22. The molecule has 5 heteroatoms. The minimum absolute atomic E-state index is 0.0453. The molecule has 2 heterocycles. The highest BCUT2D eigenvalue weighted by atomic mass is 16.5. The Morgan fingerprint density at radius 1 is 1.47 bits per heavy atom. The highest BCUT2D eigenvalue weighted by Gasteiger charge is 2.14. The molecule has 76 valence electrons. The van der Waals surface area contributed by atoms with Gasteiger partial charge in [0.2, 0.25) is 5.88 Å². The molecule has 0 aromatic carbocycles. The summed E-state index contributed by atoms with van der Waals surface area (Å²) in [5, 5.41) is 0. The quantitative estimate of drug-likeness (QED) is 0.749. The molecule has 2 rings (SSSR count). The molecule has 5 nitrogen and oxygen atoms in total. The van der Waals surface area contributed by atoms with E-state index in [2.05, 4.69) is 4.98 Å². The number of rotatable bonds is 2. The molecule has 2 aromatic heterocycles. The van der Waals surface area contributed by atoms with Crippen LogP contribution in [0.4, 0.5) is 5.88 Å². The number of carbonyl (C=O) groups excluding carboxylic acids is 1. The molecule has 0 aliphatic carbocycles. The number of nitrogens with two attached hydrogens (primary N) is 1. The molecule has 0 spiro atoms. The molecule has 0 saturated heterocycles. The van der Waals surface area contributed by atoms with E-state index in [1.807, 2.05) is 0 Å². The van der Waals surface area contributed by atoms with Gasteiger partial charge in [-0.25, -0.2) is 4.79 Å². The molecule has 2 N–H and O–H groups in total. The van der Waals surface area contributed by atoms with E-state index in [1.165, 1.54) is 18.5 Å². The van der Waals surface area contributed by atoms with Gasteiger partial charge in [0.1, 0.15) is 11.3 Å². The third-order valence-electron chi connectivity index (χ3n) is 1.76. The van der Waals surface area contributed by atoms with Crippen molar-refractivity contribution in [1.29, 1.82) is 0 Å². The lowest BCUT2D eigenvalue weighted by Crippen LogP contribution is -2.09. The minimum atomic E-state index is -0.561. The second-order valence-electron chi connectivity index (χ2n) is 2.78. The first-order valence-electron chi connectivity index (χ1n) is 4.22. The second kappa shape index (κ2) is 3.83. The van der Waals surface area contributed by atoms with Crippen molar-refractivity contribution < 1.29 is 13.9 Å². The predicted molar refractivity (Wildman–Crippen MR) is 52.3 cm³/mol. The first kappa shape index (κ1) is 9.26. The molecule has 15 heavy (non-hydrogen) atoms. The molecule has 0 aliphatic heterocycles.